The fourth-order valence-electron chi connectivity index (χ4n) is 2.65. The van der Waals surface area contributed by atoms with Crippen molar-refractivity contribution in [2.75, 3.05) is 16.4 Å². The highest BCUT2D eigenvalue weighted by atomic mass is 32.2. The van der Waals surface area contributed by atoms with Gasteiger partial charge in [-0.1, -0.05) is 12.1 Å². The van der Waals surface area contributed by atoms with Crippen molar-refractivity contribution in [3.8, 4) is 11.3 Å². The summed E-state index contributed by atoms with van der Waals surface area (Å²) in [6, 6.07) is 17.0. The maximum atomic E-state index is 13.1. The van der Waals surface area contributed by atoms with Crippen molar-refractivity contribution in [1.29, 1.82) is 0 Å². The van der Waals surface area contributed by atoms with Crippen LogP contribution in [0.4, 0.5) is 15.2 Å². The van der Waals surface area contributed by atoms with Crippen molar-refractivity contribution in [3.05, 3.63) is 82.1 Å². The van der Waals surface area contributed by atoms with E-state index >= 15 is 0 Å². The summed E-state index contributed by atoms with van der Waals surface area (Å²) in [6.07, 6.45) is 0. The molecule has 4 rings (SSSR count). The van der Waals surface area contributed by atoms with E-state index in [2.05, 4.69) is 15.6 Å². The number of hydrogen-bond acceptors (Lipinski definition) is 6. The third-order valence-corrected chi connectivity index (χ3v) is 6.72. The summed E-state index contributed by atoms with van der Waals surface area (Å²) in [6.45, 7) is 0. The topological polar surface area (TPSA) is 71.1 Å². The molecule has 0 aliphatic carbocycles. The predicted octanol–water partition coefficient (Wildman–Crippen LogP) is 5.99. The molecule has 2 aromatic carbocycles. The molecule has 0 fully saturated rings. The number of nitrogens with zero attached hydrogens (tertiary/aromatic N) is 1. The molecule has 0 spiro atoms. The van der Waals surface area contributed by atoms with Gasteiger partial charge in [0, 0.05) is 21.5 Å². The van der Waals surface area contributed by atoms with Crippen LogP contribution in [-0.2, 0) is 4.79 Å². The van der Waals surface area contributed by atoms with Gasteiger partial charge in [-0.3, -0.25) is 9.59 Å². The number of thiophene rings is 1. The van der Waals surface area contributed by atoms with Gasteiger partial charge in [-0.05, 0) is 53.9 Å². The second-order valence-electron chi connectivity index (χ2n) is 6.34. The standard InChI is InChI=1S/C22H16FN3O2S3/c23-15-8-6-14(7-9-15)18-12-31-22(25-18)26-20(27)13-30-17-4-1-3-16(11-17)24-21(28)19-5-2-10-29-19/h1-12H,13H2,(H,24,28)(H,25,26,27). The van der Waals surface area contributed by atoms with Crippen LogP contribution in [0.25, 0.3) is 11.3 Å². The number of carbonyl (C=O) groups is 2. The number of anilines is 2. The molecule has 156 valence electrons. The Hall–Kier alpha value is -3.01. The first-order chi connectivity index (χ1) is 15.1. The van der Waals surface area contributed by atoms with Gasteiger partial charge in [0.25, 0.3) is 5.91 Å². The van der Waals surface area contributed by atoms with Gasteiger partial charge >= 0.3 is 0 Å². The Kier molecular flexibility index (Phi) is 6.76. The molecule has 0 aliphatic rings. The molecule has 9 heteroatoms. The average molecular weight is 470 g/mol. The number of amides is 2. The molecule has 0 atom stereocenters. The molecular weight excluding hydrogens is 453 g/mol. The lowest BCUT2D eigenvalue weighted by molar-refractivity contribution is -0.113. The normalized spacial score (nSPS) is 10.6. The number of carbonyl (C=O) groups excluding carboxylic acids is 2. The Morgan fingerprint density at radius 1 is 1.00 bits per heavy atom. The van der Waals surface area contributed by atoms with E-state index in [4.69, 9.17) is 0 Å². The van der Waals surface area contributed by atoms with E-state index in [1.807, 2.05) is 41.1 Å². The van der Waals surface area contributed by atoms with Gasteiger partial charge in [-0.15, -0.1) is 34.4 Å². The lowest BCUT2D eigenvalue weighted by Crippen LogP contribution is -2.14. The lowest BCUT2D eigenvalue weighted by Gasteiger charge is -2.06. The number of rotatable bonds is 7. The van der Waals surface area contributed by atoms with E-state index in [-0.39, 0.29) is 23.4 Å². The second kappa shape index (κ2) is 9.86. The predicted molar refractivity (Wildman–Crippen MR) is 126 cm³/mol. The van der Waals surface area contributed by atoms with Crippen LogP contribution in [0.1, 0.15) is 9.67 Å². The highest BCUT2D eigenvalue weighted by Gasteiger charge is 2.10. The smallest absolute Gasteiger partial charge is 0.265 e. The maximum Gasteiger partial charge on any atom is 0.265 e. The zero-order valence-electron chi connectivity index (χ0n) is 16.0. The van der Waals surface area contributed by atoms with Crippen LogP contribution in [0.5, 0.6) is 0 Å². The van der Waals surface area contributed by atoms with E-state index < -0.39 is 0 Å². The molecule has 5 nitrogen and oxygen atoms in total. The van der Waals surface area contributed by atoms with Crippen LogP contribution in [0.15, 0.2) is 76.3 Å². The Labute approximate surface area is 190 Å². The van der Waals surface area contributed by atoms with Crippen molar-refractivity contribution in [2.45, 2.75) is 4.90 Å². The fourth-order valence-corrected chi connectivity index (χ4v) is 4.76. The summed E-state index contributed by atoms with van der Waals surface area (Å²) in [4.78, 5) is 30.4. The van der Waals surface area contributed by atoms with Gasteiger partial charge in [0.05, 0.1) is 16.3 Å². The van der Waals surface area contributed by atoms with E-state index in [0.29, 0.717) is 21.4 Å². The van der Waals surface area contributed by atoms with Crippen molar-refractivity contribution in [2.24, 2.45) is 0 Å². The first-order valence-electron chi connectivity index (χ1n) is 9.16. The number of thioether (sulfide) groups is 1. The molecule has 0 unspecified atom stereocenters. The van der Waals surface area contributed by atoms with Crippen molar-refractivity contribution < 1.29 is 14.0 Å². The molecule has 2 amide bonds. The summed E-state index contributed by atoms with van der Waals surface area (Å²) in [5.74, 6) is -0.443. The second-order valence-corrected chi connectivity index (χ2v) is 9.20. The van der Waals surface area contributed by atoms with Crippen LogP contribution >= 0.6 is 34.4 Å². The van der Waals surface area contributed by atoms with E-state index in [0.717, 1.165) is 10.5 Å². The fraction of sp³-hybridized carbons (Fsp3) is 0.0455. The molecule has 0 bridgehead atoms. The van der Waals surface area contributed by atoms with Gasteiger partial charge in [0.15, 0.2) is 5.13 Å². The number of aromatic nitrogens is 1. The molecular formula is C22H16FN3O2S3. The minimum Gasteiger partial charge on any atom is -0.321 e. The number of hydrogen-bond donors (Lipinski definition) is 2. The highest BCUT2D eigenvalue weighted by Crippen LogP contribution is 2.26. The first-order valence-corrected chi connectivity index (χ1v) is 11.9. The summed E-state index contributed by atoms with van der Waals surface area (Å²) in [5, 5.41) is 9.80. The van der Waals surface area contributed by atoms with Gasteiger partial charge in [-0.25, -0.2) is 9.37 Å². The van der Waals surface area contributed by atoms with Crippen LogP contribution in [0.2, 0.25) is 0 Å². The average Bonchev–Trinajstić information content (AvgIpc) is 3.46. The van der Waals surface area contributed by atoms with Gasteiger partial charge in [-0.2, -0.15) is 0 Å². The Balaban J connectivity index is 1.31. The van der Waals surface area contributed by atoms with Crippen molar-refractivity contribution in [1.82, 2.24) is 4.98 Å². The largest absolute Gasteiger partial charge is 0.321 e. The Bertz CT molecular complexity index is 1190. The van der Waals surface area contributed by atoms with Crippen LogP contribution in [0, 0.1) is 5.82 Å². The molecule has 0 radical (unpaired) electrons. The maximum absolute atomic E-state index is 13.1. The summed E-state index contributed by atoms with van der Waals surface area (Å²) in [5.41, 5.74) is 2.14. The first kappa shape index (κ1) is 21.2. The molecule has 2 heterocycles. The summed E-state index contributed by atoms with van der Waals surface area (Å²) < 4.78 is 13.1. The number of nitrogens with one attached hydrogen (secondary N) is 2. The zero-order chi connectivity index (χ0) is 21.6. The third-order valence-electron chi connectivity index (χ3n) is 4.10. The molecule has 0 aliphatic heterocycles. The number of halogens is 1. The molecule has 0 saturated heterocycles. The van der Waals surface area contributed by atoms with Crippen LogP contribution in [-0.4, -0.2) is 22.6 Å². The Morgan fingerprint density at radius 2 is 1.84 bits per heavy atom. The summed E-state index contributed by atoms with van der Waals surface area (Å²) >= 11 is 4.06. The highest BCUT2D eigenvalue weighted by molar-refractivity contribution is 8.00. The Morgan fingerprint density at radius 3 is 2.61 bits per heavy atom. The van der Waals surface area contributed by atoms with E-state index in [9.17, 15) is 14.0 Å². The molecule has 4 aromatic rings. The van der Waals surface area contributed by atoms with Crippen molar-refractivity contribution >= 4 is 57.1 Å². The lowest BCUT2D eigenvalue weighted by atomic mass is 10.2. The van der Waals surface area contributed by atoms with Crippen LogP contribution < -0.4 is 10.6 Å². The molecule has 0 saturated carbocycles. The SMILES string of the molecule is O=C(CSc1cccc(NC(=O)c2cccs2)c1)Nc1nc(-c2ccc(F)cc2)cs1. The van der Waals surface area contributed by atoms with E-state index in [1.54, 1.807) is 18.2 Å². The number of thiazole rings is 1. The monoisotopic (exact) mass is 469 g/mol. The third kappa shape index (κ3) is 5.78. The molecule has 31 heavy (non-hydrogen) atoms. The quantitative estimate of drug-likeness (QED) is 0.326. The minimum atomic E-state index is -0.306. The van der Waals surface area contributed by atoms with Crippen molar-refractivity contribution in [3.63, 3.8) is 0 Å². The van der Waals surface area contributed by atoms with Gasteiger partial charge in [0.1, 0.15) is 5.82 Å². The summed E-state index contributed by atoms with van der Waals surface area (Å²) in [7, 11) is 0. The number of benzene rings is 2. The van der Waals surface area contributed by atoms with Gasteiger partial charge in [0.2, 0.25) is 5.91 Å². The van der Waals surface area contributed by atoms with Crippen LogP contribution in [0.3, 0.4) is 0 Å². The molecule has 2 N–H and O–H groups in total. The van der Waals surface area contributed by atoms with E-state index in [1.165, 1.54) is 46.6 Å². The minimum absolute atomic E-state index is 0.157. The van der Waals surface area contributed by atoms with Gasteiger partial charge < -0.3 is 10.6 Å². The zero-order valence-corrected chi connectivity index (χ0v) is 18.5. The molecule has 2 aromatic heterocycles.